The number of amides is 2. The summed E-state index contributed by atoms with van der Waals surface area (Å²) < 4.78 is 42.7. The number of hydrogen-bond acceptors (Lipinski definition) is 5. The third-order valence-electron chi connectivity index (χ3n) is 0.387. The SMILES string of the molecule is NS(=O)(=O)NC(=O)N=S(=O)=O. The predicted molar refractivity (Wildman–Crippen MR) is 33.0 cm³/mol. The van der Waals surface area contributed by atoms with Crippen LogP contribution in [0, 0.1) is 0 Å². The van der Waals surface area contributed by atoms with E-state index in [4.69, 9.17) is 0 Å². The Morgan fingerprint density at radius 3 is 2.18 bits per heavy atom. The van der Waals surface area contributed by atoms with Gasteiger partial charge in [0, 0.05) is 0 Å². The molecule has 0 aromatic rings. The molecule has 0 aliphatic heterocycles. The Kier molecular flexibility index (Phi) is 3.10. The number of urea groups is 1. The van der Waals surface area contributed by atoms with E-state index in [1.54, 1.807) is 0 Å². The van der Waals surface area contributed by atoms with E-state index in [0.717, 1.165) is 4.72 Å². The highest BCUT2D eigenvalue weighted by Crippen LogP contribution is 1.74. The molecule has 10 heteroatoms. The van der Waals surface area contributed by atoms with Gasteiger partial charge >= 0.3 is 16.5 Å². The minimum absolute atomic E-state index is 1.10. The molecule has 0 radical (unpaired) electrons. The quantitative estimate of drug-likeness (QED) is 0.503. The molecule has 0 saturated carbocycles. The number of nitrogens with two attached hydrogens (primary N) is 1. The Morgan fingerprint density at radius 2 is 1.91 bits per heavy atom. The second kappa shape index (κ2) is 3.41. The summed E-state index contributed by atoms with van der Waals surface area (Å²) in [5.74, 6) is 0. The van der Waals surface area contributed by atoms with Crippen molar-refractivity contribution < 1.29 is 21.6 Å². The summed E-state index contributed by atoms with van der Waals surface area (Å²) in [6.45, 7) is 0. The van der Waals surface area contributed by atoms with Crippen LogP contribution < -0.4 is 9.86 Å². The van der Waals surface area contributed by atoms with Crippen LogP contribution >= 0.6 is 0 Å². The first-order valence-electron chi connectivity index (χ1n) is 1.97. The Balaban J connectivity index is 4.48. The van der Waals surface area contributed by atoms with Crippen molar-refractivity contribution in [1.29, 1.82) is 0 Å². The Morgan fingerprint density at radius 1 is 1.45 bits per heavy atom. The van der Waals surface area contributed by atoms with E-state index in [1.807, 2.05) is 0 Å². The lowest BCUT2D eigenvalue weighted by Crippen LogP contribution is -2.33. The highest BCUT2D eigenvalue weighted by Gasteiger charge is 2.06. The molecule has 3 N–H and O–H groups in total. The summed E-state index contributed by atoms with van der Waals surface area (Å²) in [5.41, 5.74) is 0. The van der Waals surface area contributed by atoms with E-state index in [2.05, 4.69) is 9.50 Å². The lowest BCUT2D eigenvalue weighted by molar-refractivity contribution is 0.254. The Bertz CT molecular complexity index is 366. The fraction of sp³-hybridized carbons (Fsp3) is 0. The van der Waals surface area contributed by atoms with Gasteiger partial charge in [0.15, 0.2) is 0 Å². The van der Waals surface area contributed by atoms with Crippen LogP contribution in [0.1, 0.15) is 0 Å². The fourth-order valence-electron chi connectivity index (χ4n) is 0.208. The molecule has 0 aromatic carbocycles. The number of hydrogen-bond donors (Lipinski definition) is 2. The van der Waals surface area contributed by atoms with Crippen LogP contribution in [0.5, 0.6) is 0 Å². The summed E-state index contributed by atoms with van der Waals surface area (Å²) in [5, 5.41) is 4.29. The molecule has 2 amide bonds. The van der Waals surface area contributed by atoms with Gasteiger partial charge in [-0.05, 0) is 0 Å². The van der Waals surface area contributed by atoms with Crippen molar-refractivity contribution >= 4 is 26.7 Å². The standard InChI is InChI=1S/CH3N3O5S2/c2-11(8,9)4-1(5)3-10(6)7/h(H,4,5)(H2,2,8,9). The molecule has 0 aliphatic rings. The number of carbonyl (C=O) groups is 1. The zero-order valence-electron chi connectivity index (χ0n) is 4.88. The van der Waals surface area contributed by atoms with Crippen LogP contribution in [-0.2, 0) is 20.7 Å². The van der Waals surface area contributed by atoms with Gasteiger partial charge in [0.2, 0.25) is 0 Å². The van der Waals surface area contributed by atoms with Crippen molar-refractivity contribution in [2.75, 3.05) is 0 Å². The van der Waals surface area contributed by atoms with Gasteiger partial charge < -0.3 is 0 Å². The summed E-state index contributed by atoms with van der Waals surface area (Å²) in [7, 11) is -7.22. The molecule has 0 spiro atoms. The third-order valence-corrected chi connectivity index (χ3v) is 1.16. The highest BCUT2D eigenvalue weighted by molar-refractivity contribution is 7.87. The van der Waals surface area contributed by atoms with Crippen LogP contribution in [0.4, 0.5) is 4.79 Å². The zero-order valence-corrected chi connectivity index (χ0v) is 6.52. The maximum atomic E-state index is 10.1. The average molecular weight is 201 g/mol. The van der Waals surface area contributed by atoms with Crippen molar-refractivity contribution in [3.05, 3.63) is 0 Å². The minimum atomic E-state index is -4.24. The van der Waals surface area contributed by atoms with Gasteiger partial charge in [-0.15, -0.1) is 0 Å². The number of nitrogens with zero attached hydrogens (tertiary/aromatic N) is 1. The summed E-state index contributed by atoms with van der Waals surface area (Å²) in [6, 6.07) is -1.55. The molecule has 0 saturated heterocycles. The lowest BCUT2D eigenvalue weighted by Gasteiger charge is -1.92. The van der Waals surface area contributed by atoms with Gasteiger partial charge in [0.25, 0.3) is 10.2 Å². The second-order valence-electron chi connectivity index (χ2n) is 1.26. The molecule has 0 atom stereocenters. The number of rotatable bonds is 1. The van der Waals surface area contributed by atoms with E-state index >= 15 is 0 Å². The van der Waals surface area contributed by atoms with Gasteiger partial charge in [-0.3, -0.25) is 0 Å². The van der Waals surface area contributed by atoms with Gasteiger partial charge in [-0.1, -0.05) is 4.36 Å². The first-order valence-corrected chi connectivity index (χ1v) is 4.54. The number of nitrogens with one attached hydrogen (secondary N) is 1. The maximum Gasteiger partial charge on any atom is 0.370 e. The van der Waals surface area contributed by atoms with Crippen molar-refractivity contribution in [1.82, 2.24) is 4.72 Å². The molecule has 11 heavy (non-hydrogen) atoms. The van der Waals surface area contributed by atoms with Crippen molar-refractivity contribution in [2.45, 2.75) is 0 Å². The van der Waals surface area contributed by atoms with E-state index in [0.29, 0.717) is 0 Å². The first kappa shape index (κ1) is 10.0. The predicted octanol–water partition coefficient (Wildman–Crippen LogP) is -2.04. The largest absolute Gasteiger partial charge is 0.370 e. The summed E-state index contributed by atoms with van der Waals surface area (Å²) in [6.07, 6.45) is 0. The highest BCUT2D eigenvalue weighted by atomic mass is 32.2. The van der Waals surface area contributed by atoms with Crippen LogP contribution in [-0.4, -0.2) is 22.9 Å². The van der Waals surface area contributed by atoms with E-state index in [9.17, 15) is 21.6 Å². The molecular weight excluding hydrogens is 198 g/mol. The van der Waals surface area contributed by atoms with Gasteiger partial charge in [0.1, 0.15) is 0 Å². The monoisotopic (exact) mass is 201 g/mol. The van der Waals surface area contributed by atoms with Crippen LogP contribution in [0.2, 0.25) is 0 Å². The lowest BCUT2D eigenvalue weighted by atomic mass is 11.2. The smallest absolute Gasteiger partial charge is 0.244 e. The Labute approximate surface area is 63.3 Å². The summed E-state index contributed by atoms with van der Waals surface area (Å²) in [4.78, 5) is 10.1. The van der Waals surface area contributed by atoms with E-state index in [-0.39, 0.29) is 0 Å². The molecule has 0 rings (SSSR count). The molecule has 0 aromatic heterocycles. The van der Waals surface area contributed by atoms with E-state index < -0.39 is 26.7 Å². The topological polar surface area (TPSA) is 136 Å². The maximum absolute atomic E-state index is 10.1. The molecule has 8 nitrogen and oxygen atoms in total. The molecule has 0 unspecified atom stereocenters. The molecule has 0 bridgehead atoms. The van der Waals surface area contributed by atoms with Crippen molar-refractivity contribution in [3.8, 4) is 0 Å². The first-order chi connectivity index (χ1) is 4.81. The zero-order chi connectivity index (χ0) is 9.07. The van der Waals surface area contributed by atoms with Crippen LogP contribution in [0.3, 0.4) is 0 Å². The average Bonchev–Trinajstić information content (AvgIpc) is 1.53. The fourth-order valence-corrected chi connectivity index (χ4v) is 0.736. The Hall–Kier alpha value is -1.00. The molecule has 0 fully saturated rings. The minimum Gasteiger partial charge on any atom is -0.244 e. The van der Waals surface area contributed by atoms with Crippen molar-refractivity contribution in [2.24, 2.45) is 9.50 Å². The van der Waals surface area contributed by atoms with E-state index in [1.165, 1.54) is 0 Å². The molecular formula is CH3N3O5S2. The summed E-state index contributed by atoms with van der Waals surface area (Å²) >= 11 is 0. The van der Waals surface area contributed by atoms with Crippen LogP contribution in [0.25, 0.3) is 0 Å². The third kappa shape index (κ3) is 6.89. The van der Waals surface area contributed by atoms with Gasteiger partial charge in [-0.25, -0.2) is 14.7 Å². The normalized spacial score (nSPS) is 10.3. The molecule has 0 aliphatic carbocycles. The molecule has 64 valence electrons. The van der Waals surface area contributed by atoms with Crippen LogP contribution in [0.15, 0.2) is 4.36 Å². The number of carbonyl (C=O) groups excluding carboxylic acids is 1. The molecule has 0 heterocycles. The van der Waals surface area contributed by atoms with Gasteiger partial charge in [0.05, 0.1) is 0 Å². The van der Waals surface area contributed by atoms with Gasteiger partial charge in [-0.2, -0.15) is 16.8 Å². The second-order valence-corrected chi connectivity index (χ2v) is 3.17. The van der Waals surface area contributed by atoms with Crippen molar-refractivity contribution in [3.63, 3.8) is 0 Å².